The zero-order valence-electron chi connectivity index (χ0n) is 11.5. The predicted molar refractivity (Wildman–Crippen MR) is 76.0 cm³/mol. The highest BCUT2D eigenvalue weighted by Gasteiger charge is 2.31. The molecule has 0 aliphatic carbocycles. The summed E-state index contributed by atoms with van der Waals surface area (Å²) in [7, 11) is 0.287. The molecule has 110 valence electrons. The Labute approximate surface area is 120 Å². The highest BCUT2D eigenvalue weighted by atomic mass is 35.5. The van der Waals surface area contributed by atoms with Crippen LogP contribution in [0.15, 0.2) is 11.1 Å². The van der Waals surface area contributed by atoms with E-state index in [2.05, 4.69) is 10.4 Å². The molecule has 1 fully saturated rings. The molecule has 1 aromatic heterocycles. The van der Waals surface area contributed by atoms with Gasteiger partial charge >= 0.3 is 0 Å². The molecule has 1 aliphatic rings. The van der Waals surface area contributed by atoms with Crippen molar-refractivity contribution in [3.05, 3.63) is 11.9 Å². The van der Waals surface area contributed by atoms with Crippen LogP contribution in [0.5, 0.6) is 0 Å². The Kier molecular flexibility index (Phi) is 5.37. The number of sulfonamides is 1. The van der Waals surface area contributed by atoms with E-state index in [0.717, 1.165) is 12.8 Å². The van der Waals surface area contributed by atoms with Crippen molar-refractivity contribution < 1.29 is 8.42 Å². The average Bonchev–Trinajstić information content (AvgIpc) is 2.70. The maximum absolute atomic E-state index is 12.5. The van der Waals surface area contributed by atoms with Gasteiger partial charge in [-0.05, 0) is 26.8 Å². The van der Waals surface area contributed by atoms with Crippen LogP contribution in [0.2, 0.25) is 0 Å². The van der Waals surface area contributed by atoms with Gasteiger partial charge in [-0.15, -0.1) is 12.4 Å². The summed E-state index contributed by atoms with van der Waals surface area (Å²) in [4.78, 5) is 0.327. The lowest BCUT2D eigenvalue weighted by Crippen LogP contribution is -2.43. The van der Waals surface area contributed by atoms with Gasteiger partial charge in [0.2, 0.25) is 10.0 Å². The van der Waals surface area contributed by atoms with Crippen LogP contribution in [-0.4, -0.2) is 48.7 Å². The second-order valence-corrected chi connectivity index (χ2v) is 6.59. The maximum atomic E-state index is 12.5. The summed E-state index contributed by atoms with van der Waals surface area (Å²) in [5, 5.41) is 7.20. The molecule has 0 bridgehead atoms. The molecule has 2 heterocycles. The smallest absolute Gasteiger partial charge is 0.246 e. The summed E-state index contributed by atoms with van der Waals surface area (Å²) >= 11 is 0. The van der Waals surface area contributed by atoms with Crippen LogP contribution in [0.4, 0.5) is 0 Å². The molecule has 0 saturated carbocycles. The lowest BCUT2D eigenvalue weighted by molar-refractivity contribution is 0.298. The van der Waals surface area contributed by atoms with Gasteiger partial charge in [-0.1, -0.05) is 0 Å². The fourth-order valence-electron chi connectivity index (χ4n) is 2.26. The van der Waals surface area contributed by atoms with Gasteiger partial charge in [-0.2, -0.15) is 9.40 Å². The molecule has 1 saturated heterocycles. The number of nitrogens with one attached hydrogen (secondary N) is 1. The topological polar surface area (TPSA) is 67.2 Å². The Morgan fingerprint density at radius 1 is 1.37 bits per heavy atom. The molecular formula is C11H21ClN4O2S. The minimum Gasteiger partial charge on any atom is -0.317 e. The van der Waals surface area contributed by atoms with E-state index in [1.165, 1.54) is 6.20 Å². The number of hydrogen-bond donors (Lipinski definition) is 1. The molecule has 0 amide bonds. The molecule has 6 nitrogen and oxygen atoms in total. The fourth-order valence-corrected chi connectivity index (χ4v) is 3.91. The predicted octanol–water partition coefficient (Wildman–Crippen LogP) is 0.523. The standard InChI is InChI=1S/C11H20N4O2S.ClH/c1-9-11(8-13-14(9)3)18(16,17)15-6-4-10(12-2)5-7-15;/h8,10,12H,4-7H2,1-3H3;1H. The minimum atomic E-state index is -3.38. The number of halogens is 1. The minimum absolute atomic E-state index is 0. The first kappa shape index (κ1) is 16.4. The molecule has 1 aliphatic heterocycles. The van der Waals surface area contributed by atoms with Crippen molar-refractivity contribution in [1.29, 1.82) is 0 Å². The van der Waals surface area contributed by atoms with Gasteiger partial charge in [0.15, 0.2) is 0 Å². The Morgan fingerprint density at radius 3 is 2.37 bits per heavy atom. The lowest BCUT2D eigenvalue weighted by Gasteiger charge is -2.30. The Balaban J connectivity index is 0.00000180. The maximum Gasteiger partial charge on any atom is 0.246 e. The second kappa shape index (κ2) is 6.21. The number of aromatic nitrogens is 2. The first-order valence-corrected chi connectivity index (χ1v) is 7.57. The second-order valence-electron chi connectivity index (χ2n) is 4.68. The molecule has 8 heteroatoms. The monoisotopic (exact) mass is 308 g/mol. The van der Waals surface area contributed by atoms with E-state index in [1.54, 1.807) is 23.0 Å². The summed E-state index contributed by atoms with van der Waals surface area (Å²) in [5.41, 5.74) is 0.686. The zero-order chi connectivity index (χ0) is 13.3. The third-order valence-corrected chi connectivity index (χ3v) is 5.67. The van der Waals surface area contributed by atoms with E-state index in [4.69, 9.17) is 0 Å². The molecule has 0 spiro atoms. The molecule has 2 rings (SSSR count). The van der Waals surface area contributed by atoms with Gasteiger partial charge in [0.1, 0.15) is 4.90 Å². The van der Waals surface area contributed by atoms with Crippen molar-refractivity contribution in [2.75, 3.05) is 20.1 Å². The van der Waals surface area contributed by atoms with E-state index in [0.29, 0.717) is 29.7 Å². The number of hydrogen-bond acceptors (Lipinski definition) is 4. The highest BCUT2D eigenvalue weighted by Crippen LogP contribution is 2.22. The first-order valence-electron chi connectivity index (χ1n) is 6.13. The van der Waals surface area contributed by atoms with Crippen molar-refractivity contribution in [2.24, 2.45) is 7.05 Å². The molecule has 0 atom stereocenters. The van der Waals surface area contributed by atoms with E-state index < -0.39 is 10.0 Å². The van der Waals surface area contributed by atoms with Crippen LogP contribution < -0.4 is 5.32 Å². The van der Waals surface area contributed by atoms with Crippen molar-refractivity contribution in [3.63, 3.8) is 0 Å². The highest BCUT2D eigenvalue weighted by molar-refractivity contribution is 7.89. The van der Waals surface area contributed by atoms with Crippen LogP contribution in [0.1, 0.15) is 18.5 Å². The van der Waals surface area contributed by atoms with Gasteiger partial charge in [0.05, 0.1) is 11.9 Å². The lowest BCUT2D eigenvalue weighted by atomic mass is 10.1. The summed E-state index contributed by atoms with van der Waals surface area (Å²) in [5.74, 6) is 0. The molecule has 1 aromatic rings. The van der Waals surface area contributed by atoms with E-state index in [9.17, 15) is 8.42 Å². The number of nitrogens with zero attached hydrogens (tertiary/aromatic N) is 3. The first-order chi connectivity index (χ1) is 8.46. The molecular weight excluding hydrogens is 288 g/mol. The number of aryl methyl sites for hydroxylation is 1. The third kappa shape index (κ3) is 3.10. The van der Waals surface area contributed by atoms with Crippen LogP contribution >= 0.6 is 12.4 Å². The summed E-state index contributed by atoms with van der Waals surface area (Å²) in [6.07, 6.45) is 3.15. The Hall–Kier alpha value is -0.630. The summed E-state index contributed by atoms with van der Waals surface area (Å²) in [6.45, 7) is 2.92. The molecule has 0 aromatic carbocycles. The summed E-state index contributed by atoms with van der Waals surface area (Å²) in [6, 6.07) is 0.423. The number of piperidine rings is 1. The fraction of sp³-hybridized carbons (Fsp3) is 0.727. The average molecular weight is 309 g/mol. The van der Waals surface area contributed by atoms with Gasteiger partial charge in [-0.3, -0.25) is 4.68 Å². The number of rotatable bonds is 3. The Bertz CT molecular complexity index is 521. The van der Waals surface area contributed by atoms with E-state index in [-0.39, 0.29) is 12.4 Å². The van der Waals surface area contributed by atoms with Crippen LogP contribution in [0, 0.1) is 6.92 Å². The van der Waals surface area contributed by atoms with Gasteiger partial charge in [0, 0.05) is 26.2 Å². The largest absolute Gasteiger partial charge is 0.317 e. The molecule has 0 radical (unpaired) electrons. The Morgan fingerprint density at radius 2 is 1.95 bits per heavy atom. The van der Waals surface area contributed by atoms with Gasteiger partial charge < -0.3 is 5.32 Å². The van der Waals surface area contributed by atoms with Crippen LogP contribution in [-0.2, 0) is 17.1 Å². The van der Waals surface area contributed by atoms with Crippen LogP contribution in [0.3, 0.4) is 0 Å². The SMILES string of the molecule is CNC1CCN(S(=O)(=O)c2cnn(C)c2C)CC1.Cl. The van der Waals surface area contributed by atoms with Crippen LogP contribution in [0.25, 0.3) is 0 Å². The summed E-state index contributed by atoms with van der Waals surface area (Å²) < 4.78 is 28.1. The molecule has 1 N–H and O–H groups in total. The van der Waals surface area contributed by atoms with Gasteiger partial charge in [0.25, 0.3) is 0 Å². The van der Waals surface area contributed by atoms with Crippen molar-refractivity contribution in [2.45, 2.75) is 30.7 Å². The third-order valence-electron chi connectivity index (χ3n) is 3.67. The van der Waals surface area contributed by atoms with E-state index >= 15 is 0 Å². The molecule has 0 unspecified atom stereocenters. The van der Waals surface area contributed by atoms with Crippen molar-refractivity contribution in [3.8, 4) is 0 Å². The van der Waals surface area contributed by atoms with Crippen molar-refractivity contribution in [1.82, 2.24) is 19.4 Å². The van der Waals surface area contributed by atoms with Gasteiger partial charge in [-0.25, -0.2) is 8.42 Å². The zero-order valence-corrected chi connectivity index (χ0v) is 13.1. The molecule has 19 heavy (non-hydrogen) atoms. The van der Waals surface area contributed by atoms with Crippen molar-refractivity contribution >= 4 is 22.4 Å². The van der Waals surface area contributed by atoms with E-state index in [1.807, 2.05) is 7.05 Å². The normalized spacial score (nSPS) is 18.3. The quantitative estimate of drug-likeness (QED) is 0.884.